The van der Waals surface area contributed by atoms with Gasteiger partial charge in [0.15, 0.2) is 0 Å². The molecule has 0 atom stereocenters. The Morgan fingerprint density at radius 1 is 1.14 bits per heavy atom. The molecule has 2 heterocycles. The highest BCUT2D eigenvalue weighted by molar-refractivity contribution is 7.21. The summed E-state index contributed by atoms with van der Waals surface area (Å²) in [6, 6.07) is 12.2. The largest absolute Gasteiger partial charge is 0.465 e. The van der Waals surface area contributed by atoms with Crippen LogP contribution in [0.1, 0.15) is 0 Å². The second-order valence-corrected chi connectivity index (χ2v) is 5.57. The number of hydrogen-bond donors (Lipinski definition) is 1. The van der Waals surface area contributed by atoms with E-state index in [1.807, 2.05) is 12.1 Å². The third-order valence-corrected chi connectivity index (χ3v) is 4.18. The van der Waals surface area contributed by atoms with Crippen molar-refractivity contribution in [1.82, 2.24) is 9.97 Å². The SMILES string of the molecule is CN(C(=O)O)c1cccc(-c2nc(=O)c3ccccc3s2)n1. The van der Waals surface area contributed by atoms with E-state index in [1.165, 1.54) is 18.4 Å². The lowest BCUT2D eigenvalue weighted by molar-refractivity contribution is 0.203. The molecule has 0 aliphatic heterocycles. The molecule has 2 aromatic heterocycles. The molecule has 0 spiro atoms. The van der Waals surface area contributed by atoms with E-state index < -0.39 is 6.09 Å². The lowest BCUT2D eigenvalue weighted by Gasteiger charge is -2.12. The highest BCUT2D eigenvalue weighted by Crippen LogP contribution is 2.25. The molecule has 3 rings (SSSR count). The van der Waals surface area contributed by atoms with Crippen molar-refractivity contribution in [3.05, 3.63) is 52.8 Å². The molecule has 7 heteroatoms. The fourth-order valence-corrected chi connectivity index (χ4v) is 2.92. The Hall–Kier alpha value is -2.80. The minimum Gasteiger partial charge on any atom is -0.465 e. The number of benzene rings is 1. The first-order valence-electron chi connectivity index (χ1n) is 6.40. The van der Waals surface area contributed by atoms with Crippen LogP contribution in [0, 0.1) is 0 Å². The zero-order chi connectivity index (χ0) is 15.7. The van der Waals surface area contributed by atoms with Crippen LogP contribution in [0.4, 0.5) is 10.6 Å². The Morgan fingerprint density at radius 3 is 2.68 bits per heavy atom. The number of nitrogens with zero attached hydrogens (tertiary/aromatic N) is 3. The average molecular weight is 313 g/mol. The minimum absolute atomic E-state index is 0.277. The Labute approximate surface area is 129 Å². The number of carboxylic acid groups (broad SMARTS) is 1. The maximum Gasteiger partial charge on any atom is 0.412 e. The molecule has 0 aliphatic rings. The molecule has 1 N–H and O–H groups in total. The number of carbonyl (C=O) groups is 1. The first kappa shape index (κ1) is 14.2. The molecule has 0 bridgehead atoms. The topological polar surface area (TPSA) is 83.4 Å². The number of amides is 1. The van der Waals surface area contributed by atoms with Crippen LogP contribution >= 0.6 is 11.3 Å². The van der Waals surface area contributed by atoms with Crippen LogP contribution in [0.25, 0.3) is 20.8 Å². The quantitative estimate of drug-likeness (QED) is 0.786. The zero-order valence-corrected chi connectivity index (χ0v) is 12.4. The van der Waals surface area contributed by atoms with Gasteiger partial charge in [0, 0.05) is 11.7 Å². The van der Waals surface area contributed by atoms with Crippen LogP contribution in [-0.2, 0) is 0 Å². The maximum atomic E-state index is 12.1. The van der Waals surface area contributed by atoms with Crippen LogP contribution < -0.4 is 10.5 Å². The summed E-state index contributed by atoms with van der Waals surface area (Å²) in [6.45, 7) is 0. The van der Waals surface area contributed by atoms with E-state index in [1.54, 1.807) is 30.3 Å². The smallest absolute Gasteiger partial charge is 0.412 e. The van der Waals surface area contributed by atoms with Crippen LogP contribution in [0.3, 0.4) is 0 Å². The van der Waals surface area contributed by atoms with Gasteiger partial charge < -0.3 is 5.11 Å². The van der Waals surface area contributed by atoms with Gasteiger partial charge in [-0.15, -0.1) is 11.3 Å². The lowest BCUT2D eigenvalue weighted by atomic mass is 10.3. The predicted molar refractivity (Wildman–Crippen MR) is 85.5 cm³/mol. The van der Waals surface area contributed by atoms with Gasteiger partial charge >= 0.3 is 6.09 Å². The van der Waals surface area contributed by atoms with Gasteiger partial charge in [-0.1, -0.05) is 18.2 Å². The molecular weight excluding hydrogens is 302 g/mol. The number of fused-ring (bicyclic) bond motifs is 1. The maximum absolute atomic E-state index is 12.1. The second kappa shape index (κ2) is 5.53. The van der Waals surface area contributed by atoms with Gasteiger partial charge in [-0.2, -0.15) is 4.98 Å². The fourth-order valence-electron chi connectivity index (χ4n) is 1.95. The van der Waals surface area contributed by atoms with Crippen molar-refractivity contribution < 1.29 is 9.90 Å². The van der Waals surface area contributed by atoms with Gasteiger partial charge in [0.25, 0.3) is 5.56 Å². The summed E-state index contributed by atoms with van der Waals surface area (Å²) >= 11 is 1.34. The van der Waals surface area contributed by atoms with Crippen molar-refractivity contribution in [1.29, 1.82) is 0 Å². The van der Waals surface area contributed by atoms with Gasteiger partial charge in [0.2, 0.25) is 0 Å². The van der Waals surface area contributed by atoms with Gasteiger partial charge in [-0.25, -0.2) is 9.78 Å². The molecule has 0 saturated heterocycles. The molecular formula is C15H11N3O3S. The van der Waals surface area contributed by atoms with Crippen molar-refractivity contribution in [3.8, 4) is 10.7 Å². The van der Waals surface area contributed by atoms with Crippen molar-refractivity contribution in [2.45, 2.75) is 0 Å². The summed E-state index contributed by atoms with van der Waals surface area (Å²) < 4.78 is 0.816. The summed E-state index contributed by atoms with van der Waals surface area (Å²) in [6.07, 6.45) is -1.11. The van der Waals surface area contributed by atoms with Crippen molar-refractivity contribution in [2.75, 3.05) is 11.9 Å². The molecule has 0 radical (unpaired) electrons. The van der Waals surface area contributed by atoms with E-state index in [0.717, 1.165) is 9.60 Å². The summed E-state index contributed by atoms with van der Waals surface area (Å²) in [4.78, 5) is 32.4. The van der Waals surface area contributed by atoms with Gasteiger partial charge in [-0.3, -0.25) is 9.69 Å². The van der Waals surface area contributed by atoms with Crippen LogP contribution in [0.2, 0.25) is 0 Å². The molecule has 1 aromatic carbocycles. The first-order chi connectivity index (χ1) is 10.6. The van der Waals surface area contributed by atoms with E-state index in [2.05, 4.69) is 9.97 Å². The molecule has 110 valence electrons. The first-order valence-corrected chi connectivity index (χ1v) is 7.22. The lowest BCUT2D eigenvalue weighted by Crippen LogP contribution is -2.24. The number of anilines is 1. The predicted octanol–water partition coefficient (Wildman–Crippen LogP) is 2.83. The number of hydrogen-bond acceptors (Lipinski definition) is 5. The van der Waals surface area contributed by atoms with Crippen molar-refractivity contribution in [3.63, 3.8) is 0 Å². The molecule has 0 unspecified atom stereocenters. The van der Waals surface area contributed by atoms with Crippen LogP contribution in [-0.4, -0.2) is 28.2 Å². The molecule has 0 fully saturated rings. The van der Waals surface area contributed by atoms with E-state index in [0.29, 0.717) is 16.1 Å². The Morgan fingerprint density at radius 2 is 1.91 bits per heavy atom. The molecule has 1 amide bonds. The number of rotatable bonds is 2. The third-order valence-electron chi connectivity index (χ3n) is 3.11. The summed E-state index contributed by atoms with van der Waals surface area (Å²) in [5, 5.41) is 10.0. The molecule has 6 nitrogen and oxygen atoms in total. The molecule has 3 aromatic rings. The average Bonchev–Trinajstić information content (AvgIpc) is 2.54. The van der Waals surface area contributed by atoms with Gasteiger partial charge in [-0.05, 0) is 24.3 Å². The van der Waals surface area contributed by atoms with Crippen LogP contribution in [0.5, 0.6) is 0 Å². The van der Waals surface area contributed by atoms with Crippen molar-refractivity contribution >= 4 is 33.3 Å². The highest BCUT2D eigenvalue weighted by Gasteiger charge is 2.13. The monoisotopic (exact) mass is 313 g/mol. The molecule has 0 aliphatic carbocycles. The Kier molecular flexibility index (Phi) is 3.56. The van der Waals surface area contributed by atoms with Crippen molar-refractivity contribution in [2.24, 2.45) is 0 Å². The number of aromatic nitrogens is 2. The van der Waals surface area contributed by atoms with E-state index >= 15 is 0 Å². The summed E-state index contributed by atoms with van der Waals surface area (Å²) in [5.41, 5.74) is 0.154. The minimum atomic E-state index is -1.11. The Bertz CT molecular complexity index is 923. The van der Waals surface area contributed by atoms with Gasteiger partial charge in [0.05, 0.1) is 5.39 Å². The van der Waals surface area contributed by atoms with Gasteiger partial charge in [0.1, 0.15) is 16.5 Å². The highest BCUT2D eigenvalue weighted by atomic mass is 32.1. The normalized spacial score (nSPS) is 10.6. The zero-order valence-electron chi connectivity index (χ0n) is 11.6. The number of pyridine rings is 1. The Balaban J connectivity index is 2.14. The van der Waals surface area contributed by atoms with E-state index in [4.69, 9.17) is 5.11 Å². The van der Waals surface area contributed by atoms with Crippen LogP contribution in [0.15, 0.2) is 47.3 Å². The van der Waals surface area contributed by atoms with E-state index in [9.17, 15) is 9.59 Å². The third kappa shape index (κ3) is 2.53. The van der Waals surface area contributed by atoms with E-state index in [-0.39, 0.29) is 11.4 Å². The molecule has 0 saturated carbocycles. The molecule has 22 heavy (non-hydrogen) atoms. The summed E-state index contributed by atoms with van der Waals surface area (Å²) in [5.74, 6) is 0.277. The summed E-state index contributed by atoms with van der Waals surface area (Å²) in [7, 11) is 1.41. The second-order valence-electron chi connectivity index (χ2n) is 4.54. The standard InChI is InChI=1S/C15H11N3O3S/c1-18(15(20)21)12-8-4-6-10(16-12)14-17-13(19)9-5-2-3-7-11(9)22-14/h2-8H,1H3,(H,20,21). The fraction of sp³-hybridized carbons (Fsp3) is 0.0667.